The lowest BCUT2D eigenvalue weighted by Crippen LogP contribution is -2.03. The summed E-state index contributed by atoms with van der Waals surface area (Å²) in [7, 11) is 0. The van der Waals surface area contributed by atoms with Crippen LogP contribution < -0.4 is 9.47 Å². The molecular formula is C47H32F18O2. The van der Waals surface area contributed by atoms with Gasteiger partial charge in [0.2, 0.25) is 0 Å². The largest absolute Gasteiger partial charge is 0.493 e. The van der Waals surface area contributed by atoms with Crippen molar-refractivity contribution in [2.24, 2.45) is 5.92 Å². The molecule has 20 heteroatoms. The number of hydrogen-bond donors (Lipinski definition) is 0. The van der Waals surface area contributed by atoms with Crippen LogP contribution in [0.2, 0.25) is 0 Å². The van der Waals surface area contributed by atoms with Gasteiger partial charge in [0.1, 0.15) is 58.0 Å². The third-order valence-electron chi connectivity index (χ3n) is 9.41. The summed E-state index contributed by atoms with van der Waals surface area (Å²) in [6.07, 6.45) is -3.80. The summed E-state index contributed by atoms with van der Waals surface area (Å²) in [5.74, 6) is -19.4. The minimum atomic E-state index is -5.12. The Morgan fingerprint density at radius 1 is 0.463 bits per heavy atom. The molecule has 0 radical (unpaired) electrons. The van der Waals surface area contributed by atoms with Crippen molar-refractivity contribution in [1.29, 1.82) is 0 Å². The smallest absolute Gasteiger partial charge is 0.458 e. The summed E-state index contributed by atoms with van der Waals surface area (Å²) < 4.78 is 259. The second-order valence-corrected chi connectivity index (χ2v) is 14.3. The fourth-order valence-corrected chi connectivity index (χ4v) is 6.19. The van der Waals surface area contributed by atoms with Gasteiger partial charge in [0.15, 0.2) is 23.3 Å². The van der Waals surface area contributed by atoms with E-state index in [1.54, 1.807) is 6.08 Å². The molecule has 0 bridgehead atoms. The van der Waals surface area contributed by atoms with Crippen molar-refractivity contribution in [2.75, 3.05) is 13.2 Å². The van der Waals surface area contributed by atoms with E-state index in [-0.39, 0.29) is 43.4 Å². The predicted octanol–water partition coefficient (Wildman–Crippen LogP) is 15.5. The van der Waals surface area contributed by atoms with Crippen molar-refractivity contribution in [3.05, 3.63) is 141 Å². The van der Waals surface area contributed by atoms with Crippen LogP contribution in [0.3, 0.4) is 0 Å². The van der Waals surface area contributed by atoms with Crippen LogP contribution >= 0.6 is 0 Å². The number of alkyl halides is 6. The van der Waals surface area contributed by atoms with E-state index in [0.717, 1.165) is 0 Å². The minimum Gasteiger partial charge on any atom is -0.493 e. The summed E-state index contributed by atoms with van der Waals surface area (Å²) in [5.41, 5.74) is -8.28. The monoisotopic (exact) mass is 970 g/mol. The van der Waals surface area contributed by atoms with Gasteiger partial charge in [-0.05, 0) is 55.9 Å². The molecule has 0 amide bonds. The zero-order chi connectivity index (χ0) is 49.8. The Kier molecular flexibility index (Phi) is 18.5. The molecule has 0 aromatic heterocycles. The van der Waals surface area contributed by atoms with E-state index in [2.05, 4.69) is 6.58 Å². The summed E-state index contributed by atoms with van der Waals surface area (Å²) >= 11 is 0. The van der Waals surface area contributed by atoms with Gasteiger partial charge in [0.25, 0.3) is 0 Å². The zero-order valence-electron chi connectivity index (χ0n) is 34.2. The highest BCUT2D eigenvalue weighted by Crippen LogP contribution is 2.37. The Morgan fingerprint density at radius 2 is 0.776 bits per heavy atom. The van der Waals surface area contributed by atoms with E-state index in [9.17, 15) is 79.0 Å². The van der Waals surface area contributed by atoms with E-state index in [0.29, 0.717) is 87.5 Å². The minimum absolute atomic E-state index is 0.0443. The van der Waals surface area contributed by atoms with Crippen molar-refractivity contribution in [1.82, 2.24) is 0 Å². The molecule has 0 fully saturated rings. The van der Waals surface area contributed by atoms with Crippen LogP contribution in [0.4, 0.5) is 79.0 Å². The maximum absolute atomic E-state index is 14.9. The molecule has 0 N–H and O–H groups in total. The lowest BCUT2D eigenvalue weighted by molar-refractivity contribution is -0.0706. The number of hydrogen-bond acceptors (Lipinski definition) is 2. The lowest BCUT2D eigenvalue weighted by Gasteiger charge is -2.13. The van der Waals surface area contributed by atoms with Crippen LogP contribution in [0, 0.1) is 76.1 Å². The quantitative estimate of drug-likeness (QED) is 0.0306. The first-order chi connectivity index (χ1) is 31.4. The van der Waals surface area contributed by atoms with Gasteiger partial charge in [0, 0.05) is 47.2 Å². The second-order valence-electron chi connectivity index (χ2n) is 14.3. The maximum atomic E-state index is 14.9. The van der Waals surface area contributed by atoms with E-state index in [4.69, 9.17) is 9.47 Å². The van der Waals surface area contributed by atoms with Gasteiger partial charge in [-0.15, -0.1) is 6.58 Å². The van der Waals surface area contributed by atoms with Gasteiger partial charge >= 0.3 is 12.4 Å². The number of allylic oxidation sites excluding steroid dienone is 1. The molecule has 0 aliphatic rings. The molecule has 0 saturated heterocycles. The SMILES string of the molecule is C=CC(CCCCCOc1cc(F)c(/C(F)=C(\F)c2cc(F)c(C#CC(F)(F)F)c(F)c2)c(F)c1)CCCCCOc1cc(F)c(/C(F)=C(\F)c2cc(F)c(C#CC(F)(F)F)c(F)c2)c(F)c1. The van der Waals surface area contributed by atoms with Crippen molar-refractivity contribution in [2.45, 2.75) is 63.7 Å². The normalized spacial score (nSPS) is 12.5. The lowest BCUT2D eigenvalue weighted by atomic mass is 9.95. The molecule has 67 heavy (non-hydrogen) atoms. The number of halogens is 18. The van der Waals surface area contributed by atoms with Crippen LogP contribution in [-0.4, -0.2) is 25.6 Å². The molecular weight excluding hydrogens is 938 g/mol. The Hall–Kier alpha value is -6.44. The number of rotatable bonds is 19. The van der Waals surface area contributed by atoms with E-state index >= 15 is 0 Å². The summed E-state index contributed by atoms with van der Waals surface area (Å²) in [4.78, 5) is 0. The fraction of sp³-hybridized carbons (Fsp3) is 0.277. The van der Waals surface area contributed by atoms with Crippen LogP contribution in [0.1, 0.15) is 84.7 Å². The van der Waals surface area contributed by atoms with Gasteiger partial charge in [-0.25, -0.2) is 52.7 Å². The highest BCUT2D eigenvalue weighted by Gasteiger charge is 2.27. The molecule has 0 saturated carbocycles. The molecule has 0 aliphatic carbocycles. The summed E-state index contributed by atoms with van der Waals surface area (Å²) in [6.45, 7) is 3.72. The third kappa shape index (κ3) is 15.3. The van der Waals surface area contributed by atoms with Crippen molar-refractivity contribution in [3.63, 3.8) is 0 Å². The number of unbranched alkanes of at least 4 members (excludes halogenated alkanes) is 4. The average molecular weight is 971 g/mol. The molecule has 4 rings (SSSR count). The van der Waals surface area contributed by atoms with Gasteiger partial charge in [-0.3, -0.25) is 0 Å². The average Bonchev–Trinajstić information content (AvgIpc) is 3.22. The first-order valence-electron chi connectivity index (χ1n) is 19.6. The van der Waals surface area contributed by atoms with Crippen molar-refractivity contribution in [3.8, 4) is 35.2 Å². The number of benzene rings is 4. The second kappa shape index (κ2) is 23.3. The first-order valence-corrected chi connectivity index (χ1v) is 19.6. The molecule has 0 unspecified atom stereocenters. The predicted molar refractivity (Wildman–Crippen MR) is 211 cm³/mol. The van der Waals surface area contributed by atoms with Crippen LogP contribution in [0.25, 0.3) is 23.3 Å². The van der Waals surface area contributed by atoms with Crippen LogP contribution in [-0.2, 0) is 0 Å². The number of ether oxygens (including phenoxy) is 2. The maximum Gasteiger partial charge on any atom is 0.458 e. The summed E-state index contributed by atoms with van der Waals surface area (Å²) in [6, 6.07) is 2.59. The Balaban J connectivity index is 1.20. The van der Waals surface area contributed by atoms with Crippen LogP contribution in [0.5, 0.6) is 11.5 Å². The van der Waals surface area contributed by atoms with E-state index < -0.39 is 127 Å². The molecule has 4 aromatic carbocycles. The fourth-order valence-electron chi connectivity index (χ4n) is 6.19. The van der Waals surface area contributed by atoms with Crippen molar-refractivity contribution < 1.29 is 88.5 Å². The van der Waals surface area contributed by atoms with Crippen LogP contribution in [0.15, 0.2) is 61.2 Å². The molecule has 0 heterocycles. The van der Waals surface area contributed by atoms with E-state index in [1.807, 2.05) is 0 Å². The standard InChI is InChI=1S/C47H32F18O2/c1-2-25(9-5-3-7-15-66-28-21-36(52)40(37(53)22-28)44(58)42(56)26-17-32(48)30(33(49)18-26)11-13-46(60,61)62)10-6-4-8-16-67-29-23-38(54)41(39(55)24-29)45(59)43(57)27-19-34(50)31(35(51)20-27)12-14-47(63,64)65/h2,17-25H,1,3-10,15-16H2/b44-42+,45-43+. The van der Waals surface area contributed by atoms with Gasteiger partial charge in [-0.1, -0.05) is 43.6 Å². The highest BCUT2D eigenvalue weighted by molar-refractivity contribution is 5.85. The van der Waals surface area contributed by atoms with Gasteiger partial charge in [0.05, 0.1) is 35.5 Å². The molecule has 4 aromatic rings. The highest BCUT2D eigenvalue weighted by atomic mass is 19.4. The van der Waals surface area contributed by atoms with Gasteiger partial charge < -0.3 is 9.47 Å². The molecule has 0 aliphatic heterocycles. The molecule has 0 atom stereocenters. The zero-order valence-corrected chi connectivity index (χ0v) is 34.2. The van der Waals surface area contributed by atoms with Crippen molar-refractivity contribution >= 4 is 23.3 Å². The van der Waals surface area contributed by atoms with Gasteiger partial charge in [-0.2, -0.15) is 26.3 Å². The molecule has 358 valence electrons. The Morgan fingerprint density at radius 3 is 1.06 bits per heavy atom. The first kappa shape index (κ1) is 53.2. The summed E-state index contributed by atoms with van der Waals surface area (Å²) in [5, 5.41) is 0. The molecule has 2 nitrogen and oxygen atoms in total. The topological polar surface area (TPSA) is 18.5 Å². The Bertz CT molecular complexity index is 2370. The van der Waals surface area contributed by atoms with E-state index in [1.165, 1.54) is 11.8 Å². The Labute approximate surface area is 370 Å². The third-order valence-corrected chi connectivity index (χ3v) is 9.41. The molecule has 0 spiro atoms.